The summed E-state index contributed by atoms with van der Waals surface area (Å²) < 4.78 is 16.3. The van der Waals surface area contributed by atoms with Gasteiger partial charge in [0.05, 0.1) is 0 Å². The third-order valence-electron chi connectivity index (χ3n) is 5.33. The zero-order chi connectivity index (χ0) is 20.1. The standard InChI is InChI=1S/C19H25BN2O6/c23-16(8-12-2-1-7-21-9-12)22-10-14(11-22)28-15-4-3-13(5-6-20-27)18(24)17(15)19(25)26/h3-4,12,14,21,24H,1-2,5-11H2,(H,25,26). The first kappa shape index (κ1) is 20.3. The average Bonchev–Trinajstić information content (AvgIpc) is 2.64. The number of phenols is 1. The molecule has 0 aromatic heterocycles. The Hall–Kier alpha value is -2.42. The number of benzene rings is 1. The van der Waals surface area contributed by atoms with Crippen LogP contribution in [0.5, 0.6) is 11.5 Å². The number of hydrogen-bond donors (Lipinski definition) is 3. The molecule has 150 valence electrons. The van der Waals surface area contributed by atoms with Crippen LogP contribution >= 0.6 is 0 Å². The molecule has 2 aliphatic rings. The predicted octanol–water partition coefficient (Wildman–Crippen LogP) is 1.08. The molecule has 2 fully saturated rings. The van der Waals surface area contributed by atoms with Crippen molar-refractivity contribution in [2.24, 2.45) is 5.92 Å². The van der Waals surface area contributed by atoms with E-state index in [0.717, 1.165) is 25.9 Å². The molecule has 0 radical (unpaired) electrons. The molecule has 2 heterocycles. The fraction of sp³-hybridized carbons (Fsp3) is 0.579. The molecule has 2 aliphatic heterocycles. The van der Waals surface area contributed by atoms with Gasteiger partial charge in [-0.1, -0.05) is 0 Å². The summed E-state index contributed by atoms with van der Waals surface area (Å²) in [7, 11) is 0.716. The van der Waals surface area contributed by atoms with Gasteiger partial charge in [0, 0.05) is 0 Å². The summed E-state index contributed by atoms with van der Waals surface area (Å²) in [5.74, 6) is -1.12. The summed E-state index contributed by atoms with van der Waals surface area (Å²) in [6.07, 6.45) is 2.83. The van der Waals surface area contributed by atoms with Gasteiger partial charge in [-0.25, -0.2) is 0 Å². The molecule has 0 saturated carbocycles. The SMILES string of the molecule is O=BCCc1ccc(OC2CN(C(=O)CC3CCCNC3)C2)c(C(=O)O)c1O. The fourth-order valence-corrected chi connectivity index (χ4v) is 3.71. The number of nitrogens with zero attached hydrogens (tertiary/aromatic N) is 1. The molecular weight excluding hydrogens is 363 g/mol. The molecule has 8 nitrogen and oxygen atoms in total. The molecule has 9 heteroatoms. The number of aromatic carboxylic acids is 1. The number of nitrogens with one attached hydrogen (secondary N) is 1. The molecular formula is C19H25BN2O6. The van der Waals surface area contributed by atoms with Gasteiger partial charge < -0.3 is 5.32 Å². The molecule has 1 atom stereocenters. The molecule has 2 saturated heterocycles. The topological polar surface area (TPSA) is 116 Å². The number of ether oxygens (including phenoxy) is 1. The number of carboxylic acid groups (broad SMARTS) is 1. The number of aromatic hydroxyl groups is 1. The number of carbonyl (C=O) groups excluding carboxylic acids is 1. The quantitative estimate of drug-likeness (QED) is 0.571. The molecule has 1 amide bonds. The van der Waals surface area contributed by atoms with Crippen molar-refractivity contribution in [3.05, 3.63) is 23.3 Å². The monoisotopic (exact) mass is 388 g/mol. The van der Waals surface area contributed by atoms with E-state index in [9.17, 15) is 24.5 Å². The molecule has 0 aliphatic carbocycles. The first-order valence-corrected chi connectivity index (χ1v) is 9.66. The van der Waals surface area contributed by atoms with Crippen LogP contribution in [0.1, 0.15) is 35.2 Å². The predicted molar refractivity (Wildman–Crippen MR) is 101 cm³/mol. The van der Waals surface area contributed by atoms with Gasteiger partial charge in [0.2, 0.25) is 0 Å². The van der Waals surface area contributed by atoms with Crippen LogP contribution < -0.4 is 10.1 Å². The molecule has 1 unspecified atom stereocenters. The van der Waals surface area contributed by atoms with Gasteiger partial charge in [-0.05, 0) is 31.8 Å². The molecule has 3 rings (SSSR count). The van der Waals surface area contributed by atoms with Crippen LogP contribution in [0.4, 0.5) is 0 Å². The van der Waals surface area contributed by atoms with E-state index in [1.54, 1.807) is 11.0 Å². The normalized spacial score (nSPS) is 19.6. The van der Waals surface area contributed by atoms with Crippen molar-refractivity contribution in [1.82, 2.24) is 10.2 Å². The van der Waals surface area contributed by atoms with Gasteiger partial charge in [0.25, 0.3) is 0 Å². The van der Waals surface area contributed by atoms with Crippen molar-refractivity contribution in [3.63, 3.8) is 0 Å². The van der Waals surface area contributed by atoms with Crippen LogP contribution in [-0.2, 0) is 15.9 Å². The van der Waals surface area contributed by atoms with Crippen molar-refractivity contribution >= 4 is 19.0 Å². The van der Waals surface area contributed by atoms with Crippen LogP contribution in [0.2, 0.25) is 6.32 Å². The zero-order valence-corrected chi connectivity index (χ0v) is 15.7. The minimum absolute atomic E-state index is 0.0773. The number of rotatable bonds is 8. The number of hydrogen-bond acceptors (Lipinski definition) is 6. The third-order valence-corrected chi connectivity index (χ3v) is 5.33. The second-order valence-electron chi connectivity index (χ2n) is 7.41. The second-order valence-corrected chi connectivity index (χ2v) is 7.41. The van der Waals surface area contributed by atoms with Crippen molar-refractivity contribution in [3.8, 4) is 11.5 Å². The Morgan fingerprint density at radius 3 is 2.75 bits per heavy atom. The second kappa shape index (κ2) is 9.19. The molecule has 1 aromatic rings. The zero-order valence-electron chi connectivity index (χ0n) is 15.7. The summed E-state index contributed by atoms with van der Waals surface area (Å²) in [6.45, 7) is 2.70. The van der Waals surface area contributed by atoms with E-state index < -0.39 is 5.97 Å². The van der Waals surface area contributed by atoms with Crippen LogP contribution in [0.15, 0.2) is 12.1 Å². The van der Waals surface area contributed by atoms with Gasteiger partial charge in [-0.15, -0.1) is 0 Å². The number of carboxylic acids is 1. The van der Waals surface area contributed by atoms with Crippen LogP contribution in [-0.4, -0.2) is 66.4 Å². The number of aryl methyl sites for hydroxylation is 1. The maximum absolute atomic E-state index is 12.3. The summed E-state index contributed by atoms with van der Waals surface area (Å²) in [4.78, 5) is 25.6. The Kier molecular flexibility index (Phi) is 6.67. The van der Waals surface area contributed by atoms with Gasteiger partial charge in [-0.2, -0.15) is 0 Å². The number of piperidine rings is 1. The van der Waals surface area contributed by atoms with E-state index in [2.05, 4.69) is 5.32 Å². The van der Waals surface area contributed by atoms with Crippen LogP contribution in [0, 0.1) is 5.92 Å². The summed E-state index contributed by atoms with van der Waals surface area (Å²) in [6, 6.07) is 3.07. The van der Waals surface area contributed by atoms with E-state index in [0.29, 0.717) is 38.1 Å². The van der Waals surface area contributed by atoms with Crippen molar-refractivity contribution in [2.75, 3.05) is 26.2 Å². The van der Waals surface area contributed by atoms with Crippen molar-refractivity contribution in [1.29, 1.82) is 0 Å². The number of amides is 1. The molecule has 28 heavy (non-hydrogen) atoms. The Morgan fingerprint density at radius 1 is 1.32 bits per heavy atom. The Morgan fingerprint density at radius 2 is 2.11 bits per heavy atom. The third kappa shape index (κ3) is 4.70. The Labute approximate surface area is 164 Å². The summed E-state index contributed by atoms with van der Waals surface area (Å²) >= 11 is 0. The van der Waals surface area contributed by atoms with E-state index in [-0.39, 0.29) is 41.8 Å². The van der Waals surface area contributed by atoms with Gasteiger partial charge >= 0.3 is 126 Å². The van der Waals surface area contributed by atoms with Gasteiger partial charge in [-0.3, -0.25) is 0 Å². The van der Waals surface area contributed by atoms with Crippen molar-refractivity contribution < 1.29 is 29.2 Å². The van der Waals surface area contributed by atoms with Gasteiger partial charge in [0.15, 0.2) is 0 Å². The van der Waals surface area contributed by atoms with Crippen LogP contribution in [0.3, 0.4) is 0 Å². The minimum atomic E-state index is -1.29. The van der Waals surface area contributed by atoms with Crippen LogP contribution in [0.25, 0.3) is 0 Å². The van der Waals surface area contributed by atoms with E-state index >= 15 is 0 Å². The molecule has 1 aromatic carbocycles. The fourth-order valence-electron chi connectivity index (χ4n) is 3.71. The summed E-state index contributed by atoms with van der Waals surface area (Å²) in [5.41, 5.74) is 0.0878. The van der Waals surface area contributed by atoms with E-state index in [1.165, 1.54) is 6.07 Å². The summed E-state index contributed by atoms with van der Waals surface area (Å²) in [5, 5.41) is 23.0. The maximum atomic E-state index is 12.3. The molecule has 0 spiro atoms. The average molecular weight is 388 g/mol. The Bertz CT molecular complexity index is 744. The van der Waals surface area contributed by atoms with Crippen molar-refractivity contribution in [2.45, 2.75) is 38.1 Å². The molecule has 0 bridgehead atoms. The Balaban J connectivity index is 1.57. The first-order valence-electron chi connectivity index (χ1n) is 9.66. The first-order chi connectivity index (χ1) is 13.5. The van der Waals surface area contributed by atoms with Gasteiger partial charge in [0.1, 0.15) is 0 Å². The van der Waals surface area contributed by atoms with E-state index in [4.69, 9.17) is 4.74 Å². The molecule has 3 N–H and O–H groups in total. The number of likely N-dealkylation sites (tertiary alicyclic amines) is 1. The van der Waals surface area contributed by atoms with E-state index in [1.807, 2.05) is 0 Å². The number of carbonyl (C=O) groups is 2.